The van der Waals surface area contributed by atoms with Gasteiger partial charge in [0.2, 0.25) is 10.0 Å². The Morgan fingerprint density at radius 2 is 1.74 bits per heavy atom. The molecule has 0 saturated heterocycles. The summed E-state index contributed by atoms with van der Waals surface area (Å²) in [5.41, 5.74) is 0.826. The Morgan fingerprint density at radius 1 is 1.00 bits per heavy atom. The first-order valence-corrected chi connectivity index (χ1v) is 10.2. The molecule has 0 radical (unpaired) electrons. The molecule has 3 rings (SSSR count). The number of benzene rings is 2. The van der Waals surface area contributed by atoms with Crippen molar-refractivity contribution in [2.24, 2.45) is 0 Å². The van der Waals surface area contributed by atoms with E-state index in [4.69, 9.17) is 18.9 Å². The van der Waals surface area contributed by atoms with Crippen molar-refractivity contribution in [3.8, 4) is 17.2 Å². The number of ether oxygens (including phenoxy) is 4. The molecule has 1 aliphatic rings. The lowest BCUT2D eigenvalue weighted by atomic mass is 10.2. The van der Waals surface area contributed by atoms with Crippen LogP contribution in [-0.2, 0) is 21.3 Å². The summed E-state index contributed by atoms with van der Waals surface area (Å²) in [4.78, 5) is 0.145. The van der Waals surface area contributed by atoms with Crippen LogP contribution in [0, 0.1) is 0 Å². The highest BCUT2D eigenvalue weighted by molar-refractivity contribution is 7.89. The van der Waals surface area contributed by atoms with E-state index in [-0.39, 0.29) is 11.4 Å². The third kappa shape index (κ3) is 5.35. The fourth-order valence-electron chi connectivity index (χ4n) is 2.52. The van der Waals surface area contributed by atoms with Crippen molar-refractivity contribution in [1.82, 2.24) is 4.72 Å². The molecule has 146 valence electrons. The molecule has 0 saturated carbocycles. The number of hydrogen-bond acceptors (Lipinski definition) is 6. The van der Waals surface area contributed by atoms with E-state index in [1.54, 1.807) is 25.3 Å². The molecule has 8 heteroatoms. The molecular weight excluding hydrogens is 370 g/mol. The quantitative estimate of drug-likeness (QED) is 0.693. The topological polar surface area (TPSA) is 83.1 Å². The molecule has 0 aromatic heterocycles. The number of rotatable bonds is 8. The van der Waals surface area contributed by atoms with Crippen LogP contribution in [0.15, 0.2) is 47.4 Å². The standard InChI is InChI=1S/C19H23NO6S/c1-23-11-12-24-16-5-3-15(4-6-16)14-20-27(21,22)17-7-8-18-19(13-17)26-10-2-9-25-18/h3-8,13,20H,2,9-12,14H2,1H3. The van der Waals surface area contributed by atoms with E-state index in [2.05, 4.69) is 4.72 Å². The van der Waals surface area contributed by atoms with E-state index in [0.29, 0.717) is 43.7 Å². The van der Waals surface area contributed by atoms with Gasteiger partial charge in [0.25, 0.3) is 0 Å². The minimum atomic E-state index is -3.66. The number of nitrogens with one attached hydrogen (secondary N) is 1. The van der Waals surface area contributed by atoms with Crippen molar-refractivity contribution < 1.29 is 27.4 Å². The van der Waals surface area contributed by atoms with E-state index < -0.39 is 10.0 Å². The molecule has 0 spiro atoms. The lowest BCUT2D eigenvalue weighted by Gasteiger charge is -2.11. The van der Waals surface area contributed by atoms with Crippen LogP contribution in [0.1, 0.15) is 12.0 Å². The Balaban J connectivity index is 1.62. The molecule has 0 amide bonds. The minimum absolute atomic E-state index is 0.145. The Morgan fingerprint density at radius 3 is 2.48 bits per heavy atom. The summed E-state index contributed by atoms with van der Waals surface area (Å²) in [5.74, 6) is 1.73. The fraction of sp³-hybridized carbons (Fsp3) is 0.368. The van der Waals surface area contributed by atoms with Crippen molar-refractivity contribution in [1.29, 1.82) is 0 Å². The Hall–Kier alpha value is -2.29. The van der Waals surface area contributed by atoms with Crippen LogP contribution >= 0.6 is 0 Å². The van der Waals surface area contributed by atoms with Gasteiger partial charge in [0.1, 0.15) is 12.4 Å². The lowest BCUT2D eigenvalue weighted by molar-refractivity contribution is 0.146. The van der Waals surface area contributed by atoms with Crippen LogP contribution < -0.4 is 18.9 Å². The molecule has 0 atom stereocenters. The van der Waals surface area contributed by atoms with Crippen LogP contribution in [-0.4, -0.2) is 42.0 Å². The fourth-order valence-corrected chi connectivity index (χ4v) is 3.55. The first kappa shape index (κ1) is 19.5. The van der Waals surface area contributed by atoms with Crippen LogP contribution in [0.4, 0.5) is 0 Å². The monoisotopic (exact) mass is 393 g/mol. The predicted molar refractivity (Wildman–Crippen MR) is 99.9 cm³/mol. The summed E-state index contributed by atoms with van der Waals surface area (Å²) in [6.07, 6.45) is 0.764. The second-order valence-corrected chi connectivity index (χ2v) is 7.74. The number of methoxy groups -OCH3 is 1. The molecule has 27 heavy (non-hydrogen) atoms. The third-order valence-corrected chi connectivity index (χ3v) is 5.37. The van der Waals surface area contributed by atoms with Gasteiger partial charge in [-0.1, -0.05) is 12.1 Å². The maximum absolute atomic E-state index is 12.6. The smallest absolute Gasteiger partial charge is 0.241 e. The van der Waals surface area contributed by atoms with Crippen molar-refractivity contribution in [3.05, 3.63) is 48.0 Å². The van der Waals surface area contributed by atoms with Gasteiger partial charge in [0.05, 0.1) is 24.7 Å². The molecule has 0 fully saturated rings. The van der Waals surface area contributed by atoms with E-state index in [0.717, 1.165) is 12.0 Å². The second-order valence-electron chi connectivity index (χ2n) is 5.97. The van der Waals surface area contributed by atoms with Crippen molar-refractivity contribution >= 4 is 10.0 Å². The zero-order valence-electron chi connectivity index (χ0n) is 15.1. The zero-order chi connectivity index (χ0) is 19.1. The highest BCUT2D eigenvalue weighted by atomic mass is 32.2. The summed E-state index contributed by atoms with van der Waals surface area (Å²) < 4.78 is 49.3. The van der Waals surface area contributed by atoms with Gasteiger partial charge in [-0.2, -0.15) is 0 Å². The molecule has 1 aliphatic heterocycles. The molecule has 7 nitrogen and oxygen atoms in total. The molecule has 2 aromatic carbocycles. The number of hydrogen-bond donors (Lipinski definition) is 1. The van der Waals surface area contributed by atoms with Gasteiger partial charge in [-0.25, -0.2) is 13.1 Å². The molecule has 1 heterocycles. The van der Waals surface area contributed by atoms with Crippen LogP contribution in [0.2, 0.25) is 0 Å². The Labute approximate surface area is 159 Å². The number of sulfonamides is 1. The molecule has 1 N–H and O–H groups in total. The molecular formula is C19H23NO6S. The second kappa shape index (κ2) is 9.07. The first-order chi connectivity index (χ1) is 13.1. The van der Waals surface area contributed by atoms with E-state index in [1.165, 1.54) is 12.1 Å². The van der Waals surface area contributed by atoms with Crippen LogP contribution in [0.5, 0.6) is 17.2 Å². The average Bonchev–Trinajstić information content (AvgIpc) is 2.92. The summed E-state index contributed by atoms with van der Waals surface area (Å²) in [5, 5.41) is 0. The van der Waals surface area contributed by atoms with Crippen molar-refractivity contribution in [3.63, 3.8) is 0 Å². The Bertz CT molecular complexity index is 851. The lowest BCUT2D eigenvalue weighted by Crippen LogP contribution is -2.23. The van der Waals surface area contributed by atoms with Gasteiger partial charge in [-0.15, -0.1) is 0 Å². The highest BCUT2D eigenvalue weighted by Crippen LogP contribution is 2.31. The molecule has 0 unspecified atom stereocenters. The van der Waals surface area contributed by atoms with Gasteiger partial charge >= 0.3 is 0 Å². The zero-order valence-corrected chi connectivity index (χ0v) is 16.0. The minimum Gasteiger partial charge on any atom is -0.491 e. The third-order valence-electron chi connectivity index (χ3n) is 3.98. The van der Waals surface area contributed by atoms with Gasteiger partial charge in [0, 0.05) is 26.1 Å². The van der Waals surface area contributed by atoms with Crippen LogP contribution in [0.3, 0.4) is 0 Å². The van der Waals surface area contributed by atoms with Gasteiger partial charge < -0.3 is 18.9 Å². The van der Waals surface area contributed by atoms with E-state index >= 15 is 0 Å². The average molecular weight is 393 g/mol. The van der Waals surface area contributed by atoms with Gasteiger partial charge in [-0.05, 0) is 29.8 Å². The van der Waals surface area contributed by atoms with Crippen LogP contribution in [0.25, 0.3) is 0 Å². The SMILES string of the molecule is COCCOc1ccc(CNS(=O)(=O)c2ccc3c(c2)OCCCO3)cc1. The van der Waals surface area contributed by atoms with Crippen molar-refractivity contribution in [2.75, 3.05) is 33.5 Å². The van der Waals surface area contributed by atoms with E-state index in [9.17, 15) is 8.42 Å². The predicted octanol–water partition coefficient (Wildman–Crippen LogP) is 2.35. The number of fused-ring (bicyclic) bond motifs is 1. The normalized spacial score (nSPS) is 13.8. The molecule has 0 aliphatic carbocycles. The van der Waals surface area contributed by atoms with Crippen molar-refractivity contribution in [2.45, 2.75) is 17.9 Å². The maximum Gasteiger partial charge on any atom is 0.241 e. The summed E-state index contributed by atoms with van der Waals surface area (Å²) in [7, 11) is -2.05. The summed E-state index contributed by atoms with van der Waals surface area (Å²) in [6.45, 7) is 2.21. The Kier molecular flexibility index (Phi) is 6.54. The van der Waals surface area contributed by atoms with Gasteiger partial charge in [-0.3, -0.25) is 0 Å². The largest absolute Gasteiger partial charge is 0.491 e. The first-order valence-electron chi connectivity index (χ1n) is 8.68. The maximum atomic E-state index is 12.6. The molecule has 2 aromatic rings. The summed E-state index contributed by atoms with van der Waals surface area (Å²) in [6, 6.07) is 11.9. The van der Waals surface area contributed by atoms with E-state index in [1.807, 2.05) is 12.1 Å². The molecule has 0 bridgehead atoms. The summed E-state index contributed by atoms with van der Waals surface area (Å²) >= 11 is 0. The highest BCUT2D eigenvalue weighted by Gasteiger charge is 2.18. The van der Waals surface area contributed by atoms with Gasteiger partial charge in [0.15, 0.2) is 11.5 Å².